The Balaban J connectivity index is 4.05. The Bertz CT molecular complexity index is 356. The smallest absolute Gasteiger partial charge is 0.325 e. The zero-order valence-corrected chi connectivity index (χ0v) is 8.56. The van der Waals surface area contributed by atoms with Gasteiger partial charge in [0.1, 0.15) is 12.6 Å². The van der Waals surface area contributed by atoms with Crippen molar-refractivity contribution in [3.05, 3.63) is 12.2 Å². The summed E-state index contributed by atoms with van der Waals surface area (Å²) >= 11 is 0. The van der Waals surface area contributed by atoms with Gasteiger partial charge in [0.2, 0.25) is 11.8 Å². The third-order valence-corrected chi connectivity index (χ3v) is 1.46. The van der Waals surface area contributed by atoms with Crippen molar-refractivity contribution >= 4 is 17.8 Å². The lowest BCUT2D eigenvalue weighted by atomic mass is 10.3. The lowest BCUT2D eigenvalue weighted by Gasteiger charge is -2.05. The normalized spacial score (nSPS) is 11.5. The zero-order chi connectivity index (χ0) is 12.6. The van der Waals surface area contributed by atoms with E-state index in [1.807, 2.05) is 0 Å². The van der Waals surface area contributed by atoms with Crippen molar-refractivity contribution in [3.8, 4) is 6.07 Å². The Morgan fingerprint density at radius 2 is 1.94 bits per heavy atom. The van der Waals surface area contributed by atoms with Crippen molar-refractivity contribution in [3.63, 3.8) is 0 Å². The molecule has 0 saturated heterocycles. The molecule has 0 spiro atoms. The minimum Gasteiger partial charge on any atom is -0.480 e. The van der Waals surface area contributed by atoms with Crippen LogP contribution in [0.5, 0.6) is 0 Å². The fourth-order valence-electron chi connectivity index (χ4n) is 0.660. The number of nitrogens with one attached hydrogen (secondary N) is 2. The Morgan fingerprint density at radius 1 is 1.38 bits per heavy atom. The molecule has 0 aromatic rings. The largest absolute Gasteiger partial charge is 0.480 e. The highest BCUT2D eigenvalue weighted by Gasteiger charge is 2.11. The van der Waals surface area contributed by atoms with Crippen LogP contribution in [0.2, 0.25) is 0 Å². The third-order valence-electron chi connectivity index (χ3n) is 1.46. The molecule has 7 heteroatoms. The van der Waals surface area contributed by atoms with Crippen LogP contribution in [0.25, 0.3) is 0 Å². The summed E-state index contributed by atoms with van der Waals surface area (Å²) in [6.45, 7) is 1.14. The van der Waals surface area contributed by atoms with Gasteiger partial charge in [0.15, 0.2) is 0 Å². The van der Waals surface area contributed by atoms with E-state index < -0.39 is 23.8 Å². The summed E-state index contributed by atoms with van der Waals surface area (Å²) in [5.74, 6) is -2.46. The Kier molecular flexibility index (Phi) is 5.97. The summed E-state index contributed by atoms with van der Waals surface area (Å²) in [7, 11) is 0. The minimum absolute atomic E-state index is 0.156. The molecule has 0 aromatic carbocycles. The molecule has 3 N–H and O–H groups in total. The van der Waals surface area contributed by atoms with Crippen molar-refractivity contribution in [2.24, 2.45) is 0 Å². The fraction of sp³-hybridized carbons (Fsp3) is 0.333. The summed E-state index contributed by atoms with van der Waals surface area (Å²) < 4.78 is 0. The van der Waals surface area contributed by atoms with Gasteiger partial charge in [-0.2, -0.15) is 5.26 Å². The fourth-order valence-corrected chi connectivity index (χ4v) is 0.660. The van der Waals surface area contributed by atoms with E-state index in [4.69, 9.17) is 10.4 Å². The molecule has 0 bridgehead atoms. The summed E-state index contributed by atoms with van der Waals surface area (Å²) in [4.78, 5) is 32.3. The van der Waals surface area contributed by atoms with Gasteiger partial charge < -0.3 is 15.7 Å². The molecule has 0 aromatic heterocycles. The summed E-state index contributed by atoms with van der Waals surface area (Å²) in [6.07, 6.45) is 1.81. The van der Waals surface area contributed by atoms with Crippen molar-refractivity contribution in [2.75, 3.05) is 6.54 Å². The number of hydrogen-bond acceptors (Lipinski definition) is 4. The number of carbonyl (C=O) groups excluding carboxylic acids is 2. The van der Waals surface area contributed by atoms with Crippen LogP contribution in [0.1, 0.15) is 6.92 Å². The van der Waals surface area contributed by atoms with E-state index in [1.165, 1.54) is 6.92 Å². The van der Waals surface area contributed by atoms with Crippen LogP contribution >= 0.6 is 0 Å². The van der Waals surface area contributed by atoms with Crippen LogP contribution in [-0.2, 0) is 14.4 Å². The second-order valence-corrected chi connectivity index (χ2v) is 2.78. The second-order valence-electron chi connectivity index (χ2n) is 2.78. The van der Waals surface area contributed by atoms with E-state index in [-0.39, 0.29) is 6.54 Å². The number of aliphatic carboxylic acids is 1. The van der Waals surface area contributed by atoms with Gasteiger partial charge in [-0.25, -0.2) is 0 Å². The molecule has 2 amide bonds. The zero-order valence-electron chi connectivity index (χ0n) is 8.56. The first-order chi connectivity index (χ1) is 7.47. The highest BCUT2D eigenvalue weighted by molar-refractivity contribution is 5.97. The van der Waals surface area contributed by atoms with Crippen molar-refractivity contribution in [1.82, 2.24) is 10.6 Å². The number of amides is 2. The average Bonchev–Trinajstić information content (AvgIpc) is 2.23. The number of carbonyl (C=O) groups is 3. The Hall–Kier alpha value is -2.36. The van der Waals surface area contributed by atoms with Gasteiger partial charge in [0, 0.05) is 12.2 Å². The molecule has 0 rings (SSSR count). The first kappa shape index (κ1) is 13.6. The molecule has 0 saturated carbocycles. The molecule has 0 aliphatic rings. The summed E-state index contributed by atoms with van der Waals surface area (Å²) in [5, 5.41) is 20.9. The van der Waals surface area contributed by atoms with Crippen LogP contribution in [0.4, 0.5) is 0 Å². The Labute approximate surface area is 91.7 Å². The predicted molar refractivity (Wildman–Crippen MR) is 53.0 cm³/mol. The minimum atomic E-state index is -1.17. The second kappa shape index (κ2) is 7.00. The number of carboxylic acid groups (broad SMARTS) is 1. The van der Waals surface area contributed by atoms with E-state index in [0.29, 0.717) is 0 Å². The van der Waals surface area contributed by atoms with Gasteiger partial charge in [0.25, 0.3) is 0 Å². The quantitative estimate of drug-likeness (QED) is 0.400. The number of rotatable bonds is 5. The van der Waals surface area contributed by atoms with Crippen LogP contribution in [0.15, 0.2) is 12.2 Å². The molecule has 16 heavy (non-hydrogen) atoms. The molecule has 0 unspecified atom stereocenters. The first-order valence-corrected chi connectivity index (χ1v) is 4.33. The highest BCUT2D eigenvalue weighted by Crippen LogP contribution is 1.82. The lowest BCUT2D eigenvalue weighted by molar-refractivity contribution is -0.140. The Morgan fingerprint density at radius 3 is 2.44 bits per heavy atom. The van der Waals surface area contributed by atoms with Crippen molar-refractivity contribution < 1.29 is 19.5 Å². The maximum atomic E-state index is 11.0. The molecule has 0 radical (unpaired) electrons. The highest BCUT2D eigenvalue weighted by atomic mass is 16.4. The van der Waals surface area contributed by atoms with Crippen LogP contribution < -0.4 is 10.6 Å². The molecule has 0 aliphatic carbocycles. The molecule has 7 nitrogen and oxygen atoms in total. The molecular formula is C9H11N3O4. The van der Waals surface area contributed by atoms with E-state index in [1.54, 1.807) is 6.07 Å². The van der Waals surface area contributed by atoms with Gasteiger partial charge >= 0.3 is 5.97 Å². The monoisotopic (exact) mass is 225 g/mol. The standard InChI is InChI=1S/C9H11N3O4/c1-6(9(15)16)12-8(14)3-2-7(13)11-5-4-10/h2-3,6H,5H2,1H3,(H,11,13)(H,12,14)(H,15,16)/b3-2+/t6-/m0/s1. The lowest BCUT2D eigenvalue weighted by Crippen LogP contribution is -2.37. The maximum absolute atomic E-state index is 11.0. The van der Waals surface area contributed by atoms with Crippen LogP contribution in [0, 0.1) is 11.3 Å². The SMILES string of the molecule is C[C@H](NC(=O)/C=C/C(=O)NCC#N)C(=O)O. The number of hydrogen-bond donors (Lipinski definition) is 3. The van der Waals surface area contributed by atoms with E-state index in [2.05, 4.69) is 10.6 Å². The van der Waals surface area contributed by atoms with Gasteiger partial charge in [-0.05, 0) is 6.92 Å². The first-order valence-electron chi connectivity index (χ1n) is 4.33. The molecule has 0 heterocycles. The molecule has 1 atom stereocenters. The van der Waals surface area contributed by atoms with Crippen LogP contribution in [-0.4, -0.2) is 35.5 Å². The maximum Gasteiger partial charge on any atom is 0.325 e. The summed E-state index contributed by atoms with van der Waals surface area (Å²) in [6, 6.07) is 0.661. The predicted octanol–water partition coefficient (Wildman–Crippen LogP) is -1.23. The number of carboxylic acids is 1. The van der Waals surface area contributed by atoms with Gasteiger partial charge in [-0.1, -0.05) is 0 Å². The molecule has 86 valence electrons. The van der Waals surface area contributed by atoms with Crippen LogP contribution in [0.3, 0.4) is 0 Å². The van der Waals surface area contributed by atoms with Gasteiger partial charge in [0.05, 0.1) is 6.07 Å². The number of nitriles is 1. The topological polar surface area (TPSA) is 119 Å². The summed E-state index contributed by atoms with van der Waals surface area (Å²) in [5.41, 5.74) is 0. The molecule has 0 fully saturated rings. The number of nitrogens with zero attached hydrogens (tertiary/aromatic N) is 1. The van der Waals surface area contributed by atoms with E-state index in [0.717, 1.165) is 12.2 Å². The van der Waals surface area contributed by atoms with Gasteiger partial charge in [-0.3, -0.25) is 14.4 Å². The van der Waals surface area contributed by atoms with E-state index in [9.17, 15) is 14.4 Å². The third kappa shape index (κ3) is 6.15. The molecule has 0 aliphatic heterocycles. The average molecular weight is 225 g/mol. The molecular weight excluding hydrogens is 214 g/mol. The van der Waals surface area contributed by atoms with Crippen molar-refractivity contribution in [2.45, 2.75) is 13.0 Å². The van der Waals surface area contributed by atoms with Gasteiger partial charge in [-0.15, -0.1) is 0 Å². The van der Waals surface area contributed by atoms with E-state index >= 15 is 0 Å². The van der Waals surface area contributed by atoms with Crippen molar-refractivity contribution in [1.29, 1.82) is 5.26 Å².